The molecule has 0 aliphatic rings. The second-order valence-corrected chi connectivity index (χ2v) is 12.1. The summed E-state index contributed by atoms with van der Waals surface area (Å²) in [6.07, 6.45) is 3.26. The van der Waals surface area contributed by atoms with E-state index in [0.717, 1.165) is 19.0 Å². The molecule has 2 heterocycles. The Labute approximate surface area is 238 Å². The minimum absolute atomic E-state index is 0.00172. The van der Waals surface area contributed by atoms with E-state index < -0.39 is 4.92 Å². The van der Waals surface area contributed by atoms with Gasteiger partial charge in [-0.1, -0.05) is 63.7 Å². The van der Waals surface area contributed by atoms with Gasteiger partial charge in [-0.05, 0) is 54.1 Å². The highest BCUT2D eigenvalue weighted by Gasteiger charge is 2.16. The summed E-state index contributed by atoms with van der Waals surface area (Å²) in [5, 5.41) is 12.4. The number of thioether (sulfide) groups is 1. The molecule has 3 aromatic carbocycles. The van der Waals surface area contributed by atoms with Crippen LogP contribution in [0.2, 0.25) is 0 Å². The van der Waals surface area contributed by atoms with Crippen LogP contribution in [0, 0.1) is 10.1 Å². The molecule has 38 heavy (non-hydrogen) atoms. The van der Waals surface area contributed by atoms with E-state index in [4.69, 9.17) is 0 Å². The smallest absolute Gasteiger partial charge is 0.283 e. The van der Waals surface area contributed by atoms with Crippen LogP contribution in [0.15, 0.2) is 109 Å². The standard InChI is InChI=1S/C27H17BrN4O3S3/c28-19-7-5-18(6-8-19)23(33)16-36-27-31-21-10-9-20(14-25(21)38-27)30-15-17-4-11-24(22(13-17)32(34)35)37-26-3-1-2-12-29-26/h1-15H,16H2. The number of carbonyl (C=O) groups excluding carboxylic acids is 1. The number of Topliss-reactive ketones (excluding diaryl/α,β-unsaturated/α-hetero) is 1. The third-order valence-corrected chi connectivity index (χ3v) is 8.95. The van der Waals surface area contributed by atoms with E-state index in [0.29, 0.717) is 32.5 Å². The van der Waals surface area contributed by atoms with Gasteiger partial charge in [0.2, 0.25) is 0 Å². The summed E-state index contributed by atoms with van der Waals surface area (Å²) in [5.74, 6) is 0.352. The summed E-state index contributed by atoms with van der Waals surface area (Å²) in [7, 11) is 0. The van der Waals surface area contributed by atoms with Crippen LogP contribution in [0.3, 0.4) is 0 Å². The maximum Gasteiger partial charge on any atom is 0.283 e. The molecule has 188 valence electrons. The Kier molecular flexibility index (Phi) is 8.28. The SMILES string of the molecule is O=C(CSc1nc2ccc(N=Cc3ccc(Sc4ccccn4)c([N+](=O)[O-])c3)cc2s1)c1ccc(Br)cc1. The first kappa shape index (κ1) is 26.2. The molecule has 0 N–H and O–H groups in total. The number of carbonyl (C=O) groups is 1. The van der Waals surface area contributed by atoms with Crippen LogP contribution in [-0.2, 0) is 0 Å². The quantitative estimate of drug-likeness (QED) is 0.0538. The summed E-state index contributed by atoms with van der Waals surface area (Å²) in [6.45, 7) is 0. The summed E-state index contributed by atoms with van der Waals surface area (Å²) < 4.78 is 2.69. The molecule has 7 nitrogen and oxygen atoms in total. The second-order valence-electron chi connectivity index (χ2n) is 7.86. The van der Waals surface area contributed by atoms with Gasteiger partial charge >= 0.3 is 0 Å². The van der Waals surface area contributed by atoms with Gasteiger partial charge in [-0.25, -0.2) is 9.97 Å². The molecule has 0 radical (unpaired) electrons. The zero-order valence-electron chi connectivity index (χ0n) is 19.5. The number of rotatable bonds is 9. The molecule has 0 unspecified atom stereocenters. The van der Waals surface area contributed by atoms with Gasteiger partial charge in [0.25, 0.3) is 5.69 Å². The van der Waals surface area contributed by atoms with E-state index in [1.54, 1.807) is 42.7 Å². The predicted molar refractivity (Wildman–Crippen MR) is 158 cm³/mol. The van der Waals surface area contributed by atoms with Gasteiger partial charge in [0.15, 0.2) is 10.1 Å². The van der Waals surface area contributed by atoms with E-state index in [9.17, 15) is 14.9 Å². The Bertz CT molecular complexity index is 1660. The number of halogens is 1. The van der Waals surface area contributed by atoms with Gasteiger partial charge in [-0.3, -0.25) is 19.9 Å². The zero-order chi connectivity index (χ0) is 26.5. The van der Waals surface area contributed by atoms with Crippen molar-refractivity contribution in [3.8, 4) is 0 Å². The normalized spacial score (nSPS) is 11.3. The number of hydrogen-bond donors (Lipinski definition) is 0. The number of ketones is 1. The molecule has 5 aromatic rings. The molecule has 0 bridgehead atoms. The lowest BCUT2D eigenvalue weighted by molar-refractivity contribution is -0.387. The van der Waals surface area contributed by atoms with Crippen molar-refractivity contribution in [2.75, 3.05) is 5.75 Å². The average molecular weight is 622 g/mol. The number of aliphatic imine (C=N–C) groups is 1. The highest BCUT2D eigenvalue weighted by atomic mass is 79.9. The fraction of sp³-hybridized carbons (Fsp3) is 0.0370. The number of thiazole rings is 1. The van der Waals surface area contributed by atoms with Gasteiger partial charge in [-0.2, -0.15) is 0 Å². The molecule has 0 aliphatic heterocycles. The maximum absolute atomic E-state index is 12.5. The first-order valence-electron chi connectivity index (χ1n) is 11.2. The zero-order valence-corrected chi connectivity index (χ0v) is 23.5. The minimum Gasteiger partial charge on any atom is -0.293 e. The largest absolute Gasteiger partial charge is 0.293 e. The Hall–Kier alpha value is -3.38. The van der Waals surface area contributed by atoms with Crippen molar-refractivity contribution >= 4 is 84.4 Å². The number of fused-ring (bicyclic) bond motifs is 1. The van der Waals surface area contributed by atoms with Crippen LogP contribution in [0.5, 0.6) is 0 Å². The van der Waals surface area contributed by atoms with Gasteiger partial charge in [0, 0.05) is 28.5 Å². The molecular weight excluding hydrogens is 604 g/mol. The molecule has 0 amide bonds. The van der Waals surface area contributed by atoms with Gasteiger partial charge in [-0.15, -0.1) is 11.3 Å². The lowest BCUT2D eigenvalue weighted by Gasteiger charge is -2.03. The number of aromatic nitrogens is 2. The molecule has 5 rings (SSSR count). The molecule has 0 saturated heterocycles. The fourth-order valence-electron chi connectivity index (χ4n) is 3.39. The Morgan fingerprint density at radius 3 is 2.68 bits per heavy atom. The predicted octanol–water partition coefficient (Wildman–Crippen LogP) is 8.24. The maximum atomic E-state index is 12.5. The third-order valence-electron chi connectivity index (χ3n) is 5.24. The molecular formula is C27H17BrN4O3S3. The van der Waals surface area contributed by atoms with Gasteiger partial charge < -0.3 is 0 Å². The molecule has 0 spiro atoms. The van der Waals surface area contributed by atoms with E-state index in [-0.39, 0.29) is 11.5 Å². The topological polar surface area (TPSA) is 98.3 Å². The van der Waals surface area contributed by atoms with Gasteiger partial charge in [0.1, 0.15) is 5.03 Å². The van der Waals surface area contributed by atoms with Crippen LogP contribution in [-0.4, -0.2) is 32.6 Å². The minimum atomic E-state index is -0.396. The van der Waals surface area contributed by atoms with E-state index in [2.05, 4.69) is 30.9 Å². The molecule has 2 aromatic heterocycles. The van der Waals surface area contributed by atoms with Crippen LogP contribution in [0.4, 0.5) is 11.4 Å². The van der Waals surface area contributed by atoms with E-state index in [1.165, 1.54) is 40.9 Å². The summed E-state index contributed by atoms with van der Waals surface area (Å²) in [6, 6.07) is 23.4. The van der Waals surface area contributed by atoms with Crippen LogP contribution in [0.1, 0.15) is 15.9 Å². The highest BCUT2D eigenvalue weighted by molar-refractivity contribution is 9.10. The summed E-state index contributed by atoms with van der Waals surface area (Å²) in [5.41, 5.74) is 2.83. The number of nitro groups is 1. The Morgan fingerprint density at radius 2 is 1.92 bits per heavy atom. The summed E-state index contributed by atoms with van der Waals surface area (Å²) in [4.78, 5) is 37.6. The van der Waals surface area contributed by atoms with Crippen molar-refractivity contribution in [2.45, 2.75) is 14.3 Å². The third kappa shape index (κ3) is 6.54. The van der Waals surface area contributed by atoms with E-state index in [1.807, 2.05) is 42.5 Å². The lowest BCUT2D eigenvalue weighted by atomic mass is 10.2. The van der Waals surface area contributed by atoms with Crippen molar-refractivity contribution < 1.29 is 9.72 Å². The molecule has 0 atom stereocenters. The highest BCUT2D eigenvalue weighted by Crippen LogP contribution is 2.35. The number of nitro benzene ring substituents is 1. The number of pyridine rings is 1. The fourth-order valence-corrected chi connectivity index (χ4v) is 6.51. The first-order valence-corrected chi connectivity index (χ1v) is 14.6. The van der Waals surface area contributed by atoms with Crippen molar-refractivity contribution in [1.82, 2.24) is 9.97 Å². The Balaban J connectivity index is 1.28. The molecule has 0 aliphatic carbocycles. The van der Waals surface area contributed by atoms with Crippen molar-refractivity contribution in [2.24, 2.45) is 4.99 Å². The monoisotopic (exact) mass is 620 g/mol. The summed E-state index contributed by atoms with van der Waals surface area (Å²) >= 11 is 7.54. The Morgan fingerprint density at radius 1 is 1.08 bits per heavy atom. The molecule has 11 heteroatoms. The first-order chi connectivity index (χ1) is 18.4. The van der Waals surface area contributed by atoms with Crippen LogP contribution < -0.4 is 0 Å². The van der Waals surface area contributed by atoms with Crippen molar-refractivity contribution in [1.29, 1.82) is 0 Å². The molecule has 0 fully saturated rings. The van der Waals surface area contributed by atoms with Crippen LogP contribution >= 0.6 is 50.8 Å². The van der Waals surface area contributed by atoms with E-state index >= 15 is 0 Å². The number of nitrogens with zero attached hydrogens (tertiary/aromatic N) is 4. The molecule has 0 saturated carbocycles. The lowest BCUT2D eigenvalue weighted by Crippen LogP contribution is -2.01. The van der Waals surface area contributed by atoms with Gasteiger partial charge in [0.05, 0.1) is 31.5 Å². The average Bonchev–Trinajstić information content (AvgIpc) is 3.34. The number of benzene rings is 3. The number of hydrogen-bond acceptors (Lipinski definition) is 9. The second kappa shape index (κ2) is 12.0. The van der Waals surface area contributed by atoms with Crippen molar-refractivity contribution in [3.63, 3.8) is 0 Å². The van der Waals surface area contributed by atoms with Crippen LogP contribution in [0.25, 0.3) is 10.2 Å². The van der Waals surface area contributed by atoms with Crippen molar-refractivity contribution in [3.05, 3.63) is 111 Å².